The number of nitrogens with zero attached hydrogens (tertiary/aromatic N) is 4. The van der Waals surface area contributed by atoms with Gasteiger partial charge in [-0.15, -0.1) is 0 Å². The molecule has 5 heteroatoms. The van der Waals surface area contributed by atoms with Gasteiger partial charge in [-0.2, -0.15) is 5.26 Å². The number of piperazine rings is 1. The average Bonchev–Trinajstić information content (AvgIpc) is 3.20. The zero-order chi connectivity index (χ0) is 19.3. The SMILES string of the molecule is CCc1nc(C#N)c(N2CCN(C(c3ccccc3)c3ccccc3)CC2)o1. The van der Waals surface area contributed by atoms with Gasteiger partial charge in [-0.25, -0.2) is 4.98 Å². The van der Waals surface area contributed by atoms with E-state index in [1.54, 1.807) is 0 Å². The van der Waals surface area contributed by atoms with Gasteiger partial charge >= 0.3 is 0 Å². The highest BCUT2D eigenvalue weighted by Gasteiger charge is 2.29. The van der Waals surface area contributed by atoms with Crippen LogP contribution in [0.3, 0.4) is 0 Å². The summed E-state index contributed by atoms with van der Waals surface area (Å²) in [6, 6.07) is 23.7. The second-order valence-corrected chi connectivity index (χ2v) is 6.97. The molecule has 3 aromatic rings. The lowest BCUT2D eigenvalue weighted by Gasteiger charge is -2.39. The van der Waals surface area contributed by atoms with Crippen molar-refractivity contribution in [1.29, 1.82) is 5.26 Å². The highest BCUT2D eigenvalue weighted by atomic mass is 16.4. The fourth-order valence-electron chi connectivity index (χ4n) is 3.86. The van der Waals surface area contributed by atoms with Crippen LogP contribution in [0.4, 0.5) is 5.88 Å². The van der Waals surface area contributed by atoms with E-state index in [4.69, 9.17) is 4.42 Å². The minimum atomic E-state index is 0.223. The van der Waals surface area contributed by atoms with E-state index < -0.39 is 0 Å². The Labute approximate surface area is 165 Å². The lowest BCUT2D eigenvalue weighted by Crippen LogP contribution is -2.48. The van der Waals surface area contributed by atoms with Crippen molar-refractivity contribution >= 4 is 5.88 Å². The zero-order valence-electron chi connectivity index (χ0n) is 16.1. The number of aryl methyl sites for hydroxylation is 1. The third kappa shape index (κ3) is 3.64. The summed E-state index contributed by atoms with van der Waals surface area (Å²) in [5, 5.41) is 9.39. The Morgan fingerprint density at radius 3 is 2.04 bits per heavy atom. The molecular formula is C23H24N4O. The Kier molecular flexibility index (Phi) is 5.41. The minimum absolute atomic E-state index is 0.223. The maximum Gasteiger partial charge on any atom is 0.234 e. The van der Waals surface area contributed by atoms with Crippen LogP contribution in [-0.2, 0) is 6.42 Å². The number of rotatable bonds is 5. The van der Waals surface area contributed by atoms with E-state index in [1.807, 2.05) is 6.92 Å². The van der Waals surface area contributed by atoms with E-state index in [0.717, 1.165) is 26.2 Å². The standard InChI is InChI=1S/C23H24N4O/c1-2-21-25-20(17-24)23(28-21)27-15-13-26(14-16-27)22(18-9-5-3-6-10-18)19-11-7-4-8-12-19/h3-12,22H,2,13-16H2,1H3. The summed E-state index contributed by atoms with van der Waals surface area (Å²) in [6.07, 6.45) is 0.693. The number of oxazole rings is 1. The lowest BCUT2D eigenvalue weighted by atomic mass is 9.96. The molecule has 0 amide bonds. The molecule has 0 radical (unpaired) electrons. The van der Waals surface area contributed by atoms with E-state index in [0.29, 0.717) is 23.9 Å². The van der Waals surface area contributed by atoms with Gasteiger partial charge < -0.3 is 9.32 Å². The van der Waals surface area contributed by atoms with Crippen LogP contribution >= 0.6 is 0 Å². The van der Waals surface area contributed by atoms with Crippen molar-refractivity contribution in [1.82, 2.24) is 9.88 Å². The number of benzene rings is 2. The van der Waals surface area contributed by atoms with Crippen LogP contribution in [0.5, 0.6) is 0 Å². The first-order valence-electron chi connectivity index (χ1n) is 9.79. The topological polar surface area (TPSA) is 56.3 Å². The van der Waals surface area contributed by atoms with Gasteiger partial charge in [0, 0.05) is 32.6 Å². The first kappa shape index (κ1) is 18.3. The van der Waals surface area contributed by atoms with Gasteiger partial charge in [0.2, 0.25) is 11.6 Å². The summed E-state index contributed by atoms with van der Waals surface area (Å²) in [4.78, 5) is 8.94. The third-order valence-corrected chi connectivity index (χ3v) is 5.26. The van der Waals surface area contributed by atoms with Crippen molar-refractivity contribution in [2.24, 2.45) is 0 Å². The fourth-order valence-corrected chi connectivity index (χ4v) is 3.86. The molecule has 1 saturated heterocycles. The van der Waals surface area contributed by atoms with Gasteiger partial charge in [0.1, 0.15) is 6.07 Å². The molecule has 1 aliphatic rings. The highest BCUT2D eigenvalue weighted by molar-refractivity contribution is 5.48. The number of anilines is 1. The van der Waals surface area contributed by atoms with Crippen molar-refractivity contribution in [2.75, 3.05) is 31.1 Å². The quantitative estimate of drug-likeness (QED) is 0.677. The van der Waals surface area contributed by atoms with Gasteiger partial charge in [-0.05, 0) is 11.1 Å². The van der Waals surface area contributed by atoms with Gasteiger partial charge in [-0.1, -0.05) is 67.6 Å². The van der Waals surface area contributed by atoms with Crippen molar-refractivity contribution in [3.8, 4) is 6.07 Å². The maximum atomic E-state index is 9.39. The van der Waals surface area contributed by atoms with Crippen molar-refractivity contribution < 1.29 is 4.42 Å². The van der Waals surface area contributed by atoms with Crippen molar-refractivity contribution in [3.05, 3.63) is 83.4 Å². The molecule has 0 atom stereocenters. The van der Waals surface area contributed by atoms with E-state index in [-0.39, 0.29) is 6.04 Å². The van der Waals surface area contributed by atoms with Crippen LogP contribution in [0.1, 0.15) is 35.7 Å². The lowest BCUT2D eigenvalue weighted by molar-refractivity contribution is 0.209. The second kappa shape index (κ2) is 8.28. The molecule has 0 bridgehead atoms. The molecular weight excluding hydrogens is 348 g/mol. The monoisotopic (exact) mass is 372 g/mol. The number of hydrogen-bond donors (Lipinski definition) is 0. The van der Waals surface area contributed by atoms with Crippen LogP contribution in [0.25, 0.3) is 0 Å². The smallest absolute Gasteiger partial charge is 0.234 e. The highest BCUT2D eigenvalue weighted by Crippen LogP contribution is 2.31. The van der Waals surface area contributed by atoms with Crippen molar-refractivity contribution in [2.45, 2.75) is 19.4 Å². The Bertz CT molecular complexity index is 898. The largest absolute Gasteiger partial charge is 0.424 e. The van der Waals surface area contributed by atoms with Gasteiger partial charge in [0.15, 0.2) is 5.89 Å². The Balaban J connectivity index is 1.56. The summed E-state index contributed by atoms with van der Waals surface area (Å²) >= 11 is 0. The molecule has 1 aromatic heterocycles. The molecule has 0 saturated carbocycles. The number of hydrogen-bond acceptors (Lipinski definition) is 5. The average molecular weight is 372 g/mol. The number of aromatic nitrogens is 1. The summed E-state index contributed by atoms with van der Waals surface area (Å²) in [5.74, 6) is 1.25. The molecule has 0 spiro atoms. The Morgan fingerprint density at radius 2 is 1.54 bits per heavy atom. The van der Waals surface area contributed by atoms with E-state index in [1.165, 1.54) is 11.1 Å². The van der Waals surface area contributed by atoms with Crippen LogP contribution in [-0.4, -0.2) is 36.1 Å². The Morgan fingerprint density at radius 1 is 0.964 bits per heavy atom. The predicted octanol–water partition coefficient (Wildman–Crippen LogP) is 4.02. The van der Waals surface area contributed by atoms with Crippen LogP contribution < -0.4 is 4.90 Å². The molecule has 1 fully saturated rings. The molecule has 5 nitrogen and oxygen atoms in total. The third-order valence-electron chi connectivity index (χ3n) is 5.26. The van der Waals surface area contributed by atoms with E-state index >= 15 is 0 Å². The first-order chi connectivity index (χ1) is 13.8. The normalized spacial score (nSPS) is 15.0. The fraction of sp³-hybridized carbons (Fsp3) is 0.304. The van der Waals surface area contributed by atoms with Crippen LogP contribution in [0.15, 0.2) is 65.1 Å². The van der Waals surface area contributed by atoms with Gasteiger partial charge in [0.05, 0.1) is 6.04 Å². The molecule has 0 aliphatic carbocycles. The van der Waals surface area contributed by atoms with Crippen LogP contribution in [0, 0.1) is 11.3 Å². The molecule has 4 rings (SSSR count). The summed E-state index contributed by atoms with van der Waals surface area (Å²) in [7, 11) is 0. The number of nitriles is 1. The summed E-state index contributed by atoms with van der Waals surface area (Å²) in [6.45, 7) is 5.38. The van der Waals surface area contributed by atoms with Crippen LogP contribution in [0.2, 0.25) is 0 Å². The van der Waals surface area contributed by atoms with Gasteiger partial charge in [0.25, 0.3) is 0 Å². The molecule has 0 N–H and O–H groups in total. The molecule has 142 valence electrons. The molecule has 28 heavy (non-hydrogen) atoms. The molecule has 0 unspecified atom stereocenters. The molecule has 1 aliphatic heterocycles. The predicted molar refractivity (Wildman–Crippen MR) is 109 cm³/mol. The summed E-state index contributed by atoms with van der Waals surface area (Å²) in [5.41, 5.74) is 2.99. The maximum absolute atomic E-state index is 9.39. The van der Waals surface area contributed by atoms with Crippen molar-refractivity contribution in [3.63, 3.8) is 0 Å². The van der Waals surface area contributed by atoms with Gasteiger partial charge in [-0.3, -0.25) is 4.90 Å². The van der Waals surface area contributed by atoms with E-state index in [2.05, 4.69) is 81.5 Å². The molecule has 2 aromatic carbocycles. The summed E-state index contributed by atoms with van der Waals surface area (Å²) < 4.78 is 5.83. The Hall–Kier alpha value is -3.10. The van der Waals surface area contributed by atoms with E-state index in [9.17, 15) is 5.26 Å². The first-order valence-corrected chi connectivity index (χ1v) is 9.79. The second-order valence-electron chi connectivity index (χ2n) is 6.97. The molecule has 2 heterocycles. The minimum Gasteiger partial charge on any atom is -0.424 e. The zero-order valence-corrected chi connectivity index (χ0v) is 16.1.